The lowest BCUT2D eigenvalue weighted by Gasteiger charge is -2.15. The Labute approximate surface area is 103 Å². The molecule has 0 saturated carbocycles. The van der Waals surface area contributed by atoms with Gasteiger partial charge in [0.15, 0.2) is 11.5 Å². The fourth-order valence-electron chi connectivity index (χ4n) is 2.40. The summed E-state index contributed by atoms with van der Waals surface area (Å²) < 4.78 is 11.3. The van der Waals surface area contributed by atoms with Crippen LogP contribution in [0.2, 0.25) is 0 Å². The van der Waals surface area contributed by atoms with Crippen LogP contribution < -0.4 is 14.8 Å². The van der Waals surface area contributed by atoms with Crippen LogP contribution in [0.15, 0.2) is 12.1 Å². The van der Waals surface area contributed by atoms with Crippen molar-refractivity contribution >= 4 is 0 Å². The molecule has 0 saturated heterocycles. The standard InChI is InChI=1S/C14H21NO2/c1-5-10-7-11-13(15-6-2)9(3)17-14(11)12(8-10)16-4/h7-9,13,15H,5-6H2,1-4H3. The molecule has 1 aromatic rings. The van der Waals surface area contributed by atoms with Crippen molar-refractivity contribution in [3.8, 4) is 11.5 Å². The molecule has 1 aliphatic heterocycles. The van der Waals surface area contributed by atoms with E-state index in [1.54, 1.807) is 7.11 Å². The Morgan fingerprint density at radius 1 is 1.35 bits per heavy atom. The van der Waals surface area contributed by atoms with Crippen molar-refractivity contribution in [2.24, 2.45) is 0 Å². The van der Waals surface area contributed by atoms with Crippen molar-refractivity contribution in [2.75, 3.05) is 13.7 Å². The van der Waals surface area contributed by atoms with Gasteiger partial charge in [0.05, 0.1) is 13.2 Å². The summed E-state index contributed by atoms with van der Waals surface area (Å²) in [4.78, 5) is 0. The molecule has 3 heteroatoms. The molecule has 1 aromatic carbocycles. The van der Waals surface area contributed by atoms with Crippen LogP contribution in [0.1, 0.15) is 37.9 Å². The first-order valence-corrected chi connectivity index (χ1v) is 6.32. The number of fused-ring (bicyclic) bond motifs is 1. The topological polar surface area (TPSA) is 30.5 Å². The molecule has 0 aromatic heterocycles. The zero-order chi connectivity index (χ0) is 12.4. The molecule has 0 bridgehead atoms. The number of nitrogens with one attached hydrogen (secondary N) is 1. The predicted molar refractivity (Wildman–Crippen MR) is 68.9 cm³/mol. The van der Waals surface area contributed by atoms with Crippen molar-refractivity contribution in [2.45, 2.75) is 39.3 Å². The van der Waals surface area contributed by atoms with Crippen molar-refractivity contribution in [1.82, 2.24) is 5.32 Å². The van der Waals surface area contributed by atoms with E-state index in [0.717, 1.165) is 24.5 Å². The first kappa shape index (κ1) is 12.2. The van der Waals surface area contributed by atoms with Crippen LogP contribution in [0.25, 0.3) is 0 Å². The fourth-order valence-corrected chi connectivity index (χ4v) is 2.40. The summed E-state index contributed by atoms with van der Waals surface area (Å²) in [5.41, 5.74) is 2.52. The van der Waals surface area contributed by atoms with Crippen LogP contribution in [0, 0.1) is 0 Å². The van der Waals surface area contributed by atoms with E-state index in [9.17, 15) is 0 Å². The molecule has 3 nitrogen and oxygen atoms in total. The number of hydrogen-bond acceptors (Lipinski definition) is 3. The molecule has 0 fully saturated rings. The van der Waals surface area contributed by atoms with Gasteiger partial charge in [-0.25, -0.2) is 0 Å². The third kappa shape index (κ3) is 2.12. The zero-order valence-corrected chi connectivity index (χ0v) is 11.0. The number of aryl methyl sites for hydroxylation is 1. The van der Waals surface area contributed by atoms with Crippen molar-refractivity contribution in [3.63, 3.8) is 0 Å². The average Bonchev–Trinajstić information content (AvgIpc) is 2.65. The largest absolute Gasteiger partial charge is 0.493 e. The molecule has 0 amide bonds. The summed E-state index contributed by atoms with van der Waals surface area (Å²) in [6, 6.07) is 4.57. The van der Waals surface area contributed by atoms with E-state index >= 15 is 0 Å². The zero-order valence-electron chi connectivity index (χ0n) is 11.0. The van der Waals surface area contributed by atoms with E-state index in [4.69, 9.17) is 9.47 Å². The lowest BCUT2D eigenvalue weighted by atomic mass is 10.0. The van der Waals surface area contributed by atoms with Gasteiger partial charge in [-0.3, -0.25) is 0 Å². The van der Waals surface area contributed by atoms with E-state index in [1.807, 2.05) is 0 Å². The molecule has 0 spiro atoms. The molecule has 94 valence electrons. The second kappa shape index (κ2) is 4.96. The van der Waals surface area contributed by atoms with Crippen LogP contribution in [0.5, 0.6) is 11.5 Å². The molecule has 1 aliphatic rings. The Kier molecular flexibility index (Phi) is 3.57. The third-order valence-electron chi connectivity index (χ3n) is 3.30. The molecule has 1 heterocycles. The average molecular weight is 235 g/mol. The van der Waals surface area contributed by atoms with Crippen LogP contribution in [0.3, 0.4) is 0 Å². The SMILES string of the molecule is CCNC1c2cc(CC)cc(OC)c2OC1C. The smallest absolute Gasteiger partial charge is 0.166 e. The molecular formula is C14H21NO2. The molecule has 2 unspecified atom stereocenters. The second-order valence-corrected chi connectivity index (χ2v) is 4.43. The number of rotatable bonds is 4. The van der Waals surface area contributed by atoms with Gasteiger partial charge in [0.1, 0.15) is 6.10 Å². The Balaban J connectivity index is 2.45. The van der Waals surface area contributed by atoms with E-state index in [2.05, 4.69) is 38.2 Å². The Bertz CT molecular complexity index is 403. The van der Waals surface area contributed by atoms with Crippen molar-refractivity contribution in [3.05, 3.63) is 23.3 Å². The van der Waals surface area contributed by atoms with Gasteiger partial charge in [0, 0.05) is 5.56 Å². The highest BCUT2D eigenvalue weighted by Gasteiger charge is 2.33. The molecule has 1 N–H and O–H groups in total. The van der Waals surface area contributed by atoms with Gasteiger partial charge in [-0.15, -0.1) is 0 Å². The van der Waals surface area contributed by atoms with Crippen molar-refractivity contribution < 1.29 is 9.47 Å². The summed E-state index contributed by atoms with van der Waals surface area (Å²) in [6.45, 7) is 7.31. The van der Waals surface area contributed by atoms with Gasteiger partial charge in [0.2, 0.25) is 0 Å². The van der Waals surface area contributed by atoms with Gasteiger partial charge < -0.3 is 14.8 Å². The molecular weight excluding hydrogens is 214 g/mol. The minimum Gasteiger partial charge on any atom is -0.493 e. The molecule has 0 radical (unpaired) electrons. The summed E-state index contributed by atoms with van der Waals surface area (Å²) in [7, 11) is 1.70. The van der Waals surface area contributed by atoms with E-state index < -0.39 is 0 Å². The minimum absolute atomic E-state index is 0.158. The van der Waals surface area contributed by atoms with Crippen molar-refractivity contribution in [1.29, 1.82) is 0 Å². The highest BCUT2D eigenvalue weighted by Crippen LogP contribution is 2.44. The maximum absolute atomic E-state index is 5.91. The Morgan fingerprint density at radius 3 is 2.71 bits per heavy atom. The molecule has 0 aliphatic carbocycles. The number of likely N-dealkylation sites (N-methyl/N-ethyl adjacent to an activating group) is 1. The first-order valence-electron chi connectivity index (χ1n) is 6.32. The third-order valence-corrected chi connectivity index (χ3v) is 3.30. The first-order chi connectivity index (χ1) is 8.21. The second-order valence-electron chi connectivity index (χ2n) is 4.43. The van der Waals surface area contributed by atoms with Gasteiger partial charge in [-0.2, -0.15) is 0 Å². The molecule has 2 rings (SSSR count). The highest BCUT2D eigenvalue weighted by atomic mass is 16.5. The van der Waals surface area contributed by atoms with Crippen LogP contribution in [0.4, 0.5) is 0 Å². The molecule has 2 atom stereocenters. The van der Waals surface area contributed by atoms with E-state index in [-0.39, 0.29) is 12.1 Å². The number of benzene rings is 1. The maximum atomic E-state index is 5.91. The van der Waals surface area contributed by atoms with Crippen LogP contribution in [-0.2, 0) is 6.42 Å². The van der Waals surface area contributed by atoms with Gasteiger partial charge in [-0.1, -0.05) is 19.9 Å². The maximum Gasteiger partial charge on any atom is 0.166 e. The van der Waals surface area contributed by atoms with Gasteiger partial charge in [0.25, 0.3) is 0 Å². The number of hydrogen-bond donors (Lipinski definition) is 1. The van der Waals surface area contributed by atoms with Gasteiger partial charge in [-0.05, 0) is 31.5 Å². The summed E-state index contributed by atoms with van der Waals surface area (Å²) >= 11 is 0. The summed E-state index contributed by atoms with van der Waals surface area (Å²) in [5, 5.41) is 3.47. The van der Waals surface area contributed by atoms with E-state index in [0.29, 0.717) is 0 Å². The highest BCUT2D eigenvalue weighted by molar-refractivity contribution is 5.53. The fraction of sp³-hybridized carbons (Fsp3) is 0.571. The normalized spacial score (nSPS) is 22.1. The lowest BCUT2D eigenvalue weighted by Crippen LogP contribution is -2.28. The molecule has 17 heavy (non-hydrogen) atoms. The quantitative estimate of drug-likeness (QED) is 0.870. The van der Waals surface area contributed by atoms with Crippen LogP contribution >= 0.6 is 0 Å². The Hall–Kier alpha value is -1.22. The number of methoxy groups -OCH3 is 1. The predicted octanol–water partition coefficient (Wildman–Crippen LogP) is 2.69. The lowest BCUT2D eigenvalue weighted by molar-refractivity contribution is 0.204. The van der Waals surface area contributed by atoms with Crippen LogP contribution in [-0.4, -0.2) is 19.8 Å². The minimum atomic E-state index is 0.158. The summed E-state index contributed by atoms with van der Waals surface area (Å²) in [5.74, 6) is 1.76. The monoisotopic (exact) mass is 235 g/mol. The summed E-state index contributed by atoms with van der Waals surface area (Å²) in [6.07, 6.45) is 1.17. The van der Waals surface area contributed by atoms with E-state index in [1.165, 1.54) is 11.1 Å². The number of ether oxygens (including phenoxy) is 2. The Morgan fingerprint density at radius 2 is 2.12 bits per heavy atom. The van der Waals surface area contributed by atoms with Gasteiger partial charge >= 0.3 is 0 Å².